The average Bonchev–Trinajstić information content (AvgIpc) is 2.14. The zero-order valence-corrected chi connectivity index (χ0v) is 9.37. The molecule has 3 N–H and O–H groups in total. The van der Waals surface area contributed by atoms with Crippen molar-refractivity contribution in [3.05, 3.63) is 23.9 Å². The van der Waals surface area contributed by atoms with Gasteiger partial charge in [-0.3, -0.25) is 4.79 Å². The van der Waals surface area contributed by atoms with Crippen molar-refractivity contribution >= 4 is 11.7 Å². The van der Waals surface area contributed by atoms with Crippen molar-refractivity contribution in [3.8, 4) is 0 Å². The fourth-order valence-corrected chi connectivity index (χ4v) is 1.12. The van der Waals surface area contributed by atoms with Gasteiger partial charge in [-0.2, -0.15) is 0 Å². The first-order valence-corrected chi connectivity index (χ1v) is 4.88. The number of carbonyl (C=O) groups excluding carboxylic acids is 1. The van der Waals surface area contributed by atoms with Crippen molar-refractivity contribution in [3.63, 3.8) is 0 Å². The van der Waals surface area contributed by atoms with E-state index in [9.17, 15) is 4.79 Å². The minimum atomic E-state index is -0.392. The molecule has 82 valence electrons. The lowest BCUT2D eigenvalue weighted by Gasteiger charge is -2.18. The number of aromatic nitrogens is 1. The van der Waals surface area contributed by atoms with E-state index in [1.807, 2.05) is 18.3 Å². The van der Waals surface area contributed by atoms with Gasteiger partial charge in [0.15, 0.2) is 0 Å². The van der Waals surface area contributed by atoms with Crippen molar-refractivity contribution in [2.75, 3.05) is 11.9 Å². The summed E-state index contributed by atoms with van der Waals surface area (Å²) in [7, 11) is 0. The third-order valence-corrected chi connectivity index (χ3v) is 2.07. The van der Waals surface area contributed by atoms with E-state index in [1.165, 1.54) is 0 Å². The summed E-state index contributed by atoms with van der Waals surface area (Å²) in [6.45, 7) is 6.49. The van der Waals surface area contributed by atoms with E-state index in [2.05, 4.69) is 31.1 Å². The molecule has 0 fully saturated rings. The van der Waals surface area contributed by atoms with Crippen LogP contribution in [0.3, 0.4) is 0 Å². The first kappa shape index (κ1) is 11.5. The van der Waals surface area contributed by atoms with E-state index in [0.29, 0.717) is 5.82 Å². The minimum Gasteiger partial charge on any atom is -0.368 e. The Balaban J connectivity index is 2.69. The van der Waals surface area contributed by atoms with Gasteiger partial charge in [0.25, 0.3) is 0 Å². The zero-order valence-electron chi connectivity index (χ0n) is 9.37. The van der Waals surface area contributed by atoms with E-state index in [1.54, 1.807) is 0 Å². The van der Waals surface area contributed by atoms with Crippen LogP contribution in [0.4, 0.5) is 5.82 Å². The van der Waals surface area contributed by atoms with E-state index < -0.39 is 5.91 Å². The van der Waals surface area contributed by atoms with E-state index in [4.69, 9.17) is 5.73 Å². The second kappa shape index (κ2) is 4.29. The monoisotopic (exact) mass is 207 g/mol. The van der Waals surface area contributed by atoms with E-state index in [-0.39, 0.29) is 12.0 Å². The SMILES string of the molecule is CC(C)(C)c1ccc(NCC(N)=O)nc1. The van der Waals surface area contributed by atoms with Crippen LogP contribution in [0, 0.1) is 0 Å². The molecular weight excluding hydrogens is 190 g/mol. The molecular formula is C11H17N3O. The predicted molar refractivity (Wildman–Crippen MR) is 60.6 cm³/mol. The summed E-state index contributed by atoms with van der Waals surface area (Å²) in [5, 5.41) is 2.84. The van der Waals surface area contributed by atoms with Gasteiger partial charge in [-0.1, -0.05) is 26.8 Å². The molecule has 0 atom stereocenters. The van der Waals surface area contributed by atoms with Crippen LogP contribution >= 0.6 is 0 Å². The lowest BCUT2D eigenvalue weighted by molar-refractivity contribution is -0.116. The fourth-order valence-electron chi connectivity index (χ4n) is 1.12. The first-order valence-electron chi connectivity index (χ1n) is 4.88. The smallest absolute Gasteiger partial charge is 0.236 e. The quantitative estimate of drug-likeness (QED) is 0.784. The van der Waals surface area contributed by atoms with Crippen LogP contribution in [-0.4, -0.2) is 17.4 Å². The topological polar surface area (TPSA) is 68.0 Å². The number of nitrogens with zero attached hydrogens (tertiary/aromatic N) is 1. The molecule has 4 nitrogen and oxygen atoms in total. The molecule has 1 rings (SSSR count). The Hall–Kier alpha value is -1.58. The van der Waals surface area contributed by atoms with Crippen molar-refractivity contribution in [1.29, 1.82) is 0 Å². The standard InChI is InChI=1S/C11H17N3O/c1-11(2,3)8-4-5-10(13-6-8)14-7-9(12)15/h4-6H,7H2,1-3H3,(H2,12,15)(H,13,14). The molecule has 0 aliphatic heterocycles. The molecule has 4 heteroatoms. The van der Waals surface area contributed by atoms with Crippen molar-refractivity contribution in [2.24, 2.45) is 5.73 Å². The molecule has 0 saturated heterocycles. The summed E-state index contributed by atoms with van der Waals surface area (Å²) in [6.07, 6.45) is 1.81. The first-order chi connectivity index (χ1) is 6.89. The van der Waals surface area contributed by atoms with Gasteiger partial charge in [-0.05, 0) is 17.0 Å². The van der Waals surface area contributed by atoms with Crippen LogP contribution in [0.2, 0.25) is 0 Å². The van der Waals surface area contributed by atoms with Gasteiger partial charge in [-0.25, -0.2) is 4.98 Å². The molecule has 1 heterocycles. The van der Waals surface area contributed by atoms with Crippen LogP contribution in [0.5, 0.6) is 0 Å². The molecule has 0 bridgehead atoms. The molecule has 0 radical (unpaired) electrons. The van der Waals surface area contributed by atoms with E-state index >= 15 is 0 Å². The number of anilines is 1. The molecule has 0 aromatic carbocycles. The number of nitrogens with two attached hydrogens (primary N) is 1. The molecule has 15 heavy (non-hydrogen) atoms. The number of nitrogens with one attached hydrogen (secondary N) is 1. The Morgan fingerprint density at radius 3 is 2.53 bits per heavy atom. The number of primary amides is 1. The van der Waals surface area contributed by atoms with Crippen molar-refractivity contribution < 1.29 is 4.79 Å². The van der Waals surface area contributed by atoms with E-state index in [0.717, 1.165) is 5.56 Å². The molecule has 0 saturated carbocycles. The minimum absolute atomic E-state index is 0.0925. The van der Waals surface area contributed by atoms with Gasteiger partial charge in [0, 0.05) is 6.20 Å². The summed E-state index contributed by atoms with van der Waals surface area (Å²) in [4.78, 5) is 14.7. The third kappa shape index (κ3) is 3.58. The number of pyridine rings is 1. The lowest BCUT2D eigenvalue weighted by Crippen LogP contribution is -2.22. The molecule has 0 spiro atoms. The number of carbonyl (C=O) groups is 1. The van der Waals surface area contributed by atoms with Crippen molar-refractivity contribution in [2.45, 2.75) is 26.2 Å². The van der Waals surface area contributed by atoms with Gasteiger partial charge < -0.3 is 11.1 Å². The zero-order chi connectivity index (χ0) is 11.5. The predicted octanol–water partition coefficient (Wildman–Crippen LogP) is 1.28. The Kier molecular flexibility index (Phi) is 3.29. The Labute approximate surface area is 89.9 Å². The molecule has 1 aromatic rings. The van der Waals surface area contributed by atoms with Crippen molar-refractivity contribution in [1.82, 2.24) is 4.98 Å². The average molecular weight is 207 g/mol. The normalized spacial score (nSPS) is 11.1. The largest absolute Gasteiger partial charge is 0.368 e. The number of hydrogen-bond acceptors (Lipinski definition) is 3. The molecule has 0 aliphatic carbocycles. The fraction of sp³-hybridized carbons (Fsp3) is 0.455. The van der Waals surface area contributed by atoms with Crippen LogP contribution in [0.15, 0.2) is 18.3 Å². The third-order valence-electron chi connectivity index (χ3n) is 2.07. The van der Waals surface area contributed by atoms with Gasteiger partial charge in [0.1, 0.15) is 5.82 Å². The molecule has 0 aliphatic rings. The maximum absolute atomic E-state index is 10.5. The maximum atomic E-state index is 10.5. The number of rotatable bonds is 3. The van der Waals surface area contributed by atoms with Crippen LogP contribution < -0.4 is 11.1 Å². The van der Waals surface area contributed by atoms with Gasteiger partial charge >= 0.3 is 0 Å². The second-order valence-electron chi connectivity index (χ2n) is 4.50. The van der Waals surface area contributed by atoms with Crippen LogP contribution in [-0.2, 0) is 10.2 Å². The second-order valence-corrected chi connectivity index (χ2v) is 4.50. The highest BCUT2D eigenvalue weighted by molar-refractivity contribution is 5.78. The lowest BCUT2D eigenvalue weighted by atomic mass is 9.88. The van der Waals surface area contributed by atoms with Gasteiger partial charge in [0.2, 0.25) is 5.91 Å². The molecule has 1 aromatic heterocycles. The summed E-state index contributed by atoms with van der Waals surface area (Å²) in [6, 6.07) is 3.85. The Morgan fingerprint density at radius 2 is 2.13 bits per heavy atom. The summed E-state index contributed by atoms with van der Waals surface area (Å²) >= 11 is 0. The van der Waals surface area contributed by atoms with Gasteiger partial charge in [-0.15, -0.1) is 0 Å². The maximum Gasteiger partial charge on any atom is 0.236 e. The summed E-state index contributed by atoms with van der Waals surface area (Å²) in [5.41, 5.74) is 6.26. The number of hydrogen-bond donors (Lipinski definition) is 2. The van der Waals surface area contributed by atoms with Crippen LogP contribution in [0.1, 0.15) is 26.3 Å². The molecule has 0 unspecified atom stereocenters. The highest BCUT2D eigenvalue weighted by Crippen LogP contribution is 2.21. The van der Waals surface area contributed by atoms with Gasteiger partial charge in [0.05, 0.1) is 6.54 Å². The Bertz CT molecular complexity index is 338. The Morgan fingerprint density at radius 1 is 1.47 bits per heavy atom. The van der Waals surface area contributed by atoms with Crippen LogP contribution in [0.25, 0.3) is 0 Å². The summed E-state index contributed by atoms with van der Waals surface area (Å²) in [5.74, 6) is 0.276. The number of amides is 1. The summed E-state index contributed by atoms with van der Waals surface area (Å²) < 4.78 is 0. The highest BCUT2D eigenvalue weighted by atomic mass is 16.1. The molecule has 1 amide bonds. The highest BCUT2D eigenvalue weighted by Gasteiger charge is 2.13.